The standard InChI is InChI=1S/C18H29N3O.ClH/c1-15(12-21(2)13-16-8-4-3-5-9-16)20-17(22)18(14-19)10-6-7-11-18;/h3-5,8-9,15H,6-7,10-14,19H2,1-2H3,(H,20,22);1H. The number of rotatable bonds is 7. The van der Waals surface area contributed by atoms with E-state index < -0.39 is 0 Å². The topological polar surface area (TPSA) is 58.4 Å². The lowest BCUT2D eigenvalue weighted by atomic mass is 9.85. The molecule has 0 aliphatic heterocycles. The van der Waals surface area contributed by atoms with Crippen LogP contribution in [0.15, 0.2) is 30.3 Å². The van der Waals surface area contributed by atoms with Crippen LogP contribution in [0.4, 0.5) is 0 Å². The summed E-state index contributed by atoms with van der Waals surface area (Å²) in [7, 11) is 2.09. The van der Waals surface area contributed by atoms with Crippen LogP contribution in [0, 0.1) is 5.41 Å². The third-order valence-corrected chi connectivity index (χ3v) is 4.69. The van der Waals surface area contributed by atoms with Crippen molar-refractivity contribution in [3.8, 4) is 0 Å². The Labute approximate surface area is 146 Å². The smallest absolute Gasteiger partial charge is 0.227 e. The first kappa shape index (κ1) is 19.9. The molecule has 1 fully saturated rings. The van der Waals surface area contributed by atoms with Crippen molar-refractivity contribution in [2.75, 3.05) is 20.1 Å². The molecule has 0 bridgehead atoms. The van der Waals surface area contributed by atoms with E-state index in [1.54, 1.807) is 0 Å². The van der Waals surface area contributed by atoms with Gasteiger partial charge in [0.1, 0.15) is 0 Å². The van der Waals surface area contributed by atoms with Crippen LogP contribution in [-0.4, -0.2) is 37.0 Å². The molecule has 0 aromatic heterocycles. The van der Waals surface area contributed by atoms with Crippen molar-refractivity contribution in [1.29, 1.82) is 0 Å². The summed E-state index contributed by atoms with van der Waals surface area (Å²) in [6.45, 7) is 4.26. The van der Waals surface area contributed by atoms with Gasteiger partial charge in [0.2, 0.25) is 5.91 Å². The van der Waals surface area contributed by atoms with Gasteiger partial charge in [-0.3, -0.25) is 4.79 Å². The molecule has 3 N–H and O–H groups in total. The van der Waals surface area contributed by atoms with E-state index in [1.807, 2.05) is 6.07 Å². The molecule has 0 saturated heterocycles. The second-order valence-electron chi connectivity index (χ2n) is 6.75. The van der Waals surface area contributed by atoms with E-state index in [2.05, 4.69) is 48.5 Å². The Bertz CT molecular complexity index is 474. The summed E-state index contributed by atoms with van der Waals surface area (Å²) in [6, 6.07) is 10.5. The molecule has 2 rings (SSSR count). The van der Waals surface area contributed by atoms with Crippen molar-refractivity contribution in [3.05, 3.63) is 35.9 Å². The van der Waals surface area contributed by atoms with Crippen molar-refractivity contribution in [3.63, 3.8) is 0 Å². The highest BCUT2D eigenvalue weighted by Crippen LogP contribution is 2.37. The highest BCUT2D eigenvalue weighted by Gasteiger charge is 2.40. The van der Waals surface area contributed by atoms with Gasteiger partial charge in [0.25, 0.3) is 0 Å². The third-order valence-electron chi connectivity index (χ3n) is 4.69. The van der Waals surface area contributed by atoms with Crippen molar-refractivity contribution in [2.24, 2.45) is 11.1 Å². The Morgan fingerprint density at radius 2 is 1.91 bits per heavy atom. The van der Waals surface area contributed by atoms with Gasteiger partial charge < -0.3 is 16.0 Å². The number of benzene rings is 1. The molecule has 0 heterocycles. The van der Waals surface area contributed by atoms with E-state index in [1.165, 1.54) is 5.56 Å². The molecular weight excluding hydrogens is 310 g/mol. The van der Waals surface area contributed by atoms with Gasteiger partial charge in [-0.05, 0) is 32.4 Å². The molecule has 1 atom stereocenters. The number of carbonyl (C=O) groups excluding carboxylic acids is 1. The first-order chi connectivity index (χ1) is 10.6. The lowest BCUT2D eigenvalue weighted by Crippen LogP contribution is -2.49. The molecule has 1 aliphatic carbocycles. The van der Waals surface area contributed by atoms with Gasteiger partial charge in [0.15, 0.2) is 0 Å². The molecule has 1 saturated carbocycles. The van der Waals surface area contributed by atoms with Gasteiger partial charge in [0, 0.05) is 25.7 Å². The number of nitrogens with two attached hydrogens (primary N) is 1. The molecule has 1 unspecified atom stereocenters. The van der Waals surface area contributed by atoms with Gasteiger partial charge >= 0.3 is 0 Å². The minimum absolute atomic E-state index is 0. The summed E-state index contributed by atoms with van der Waals surface area (Å²) in [5.41, 5.74) is 6.85. The summed E-state index contributed by atoms with van der Waals surface area (Å²) < 4.78 is 0. The van der Waals surface area contributed by atoms with E-state index >= 15 is 0 Å². The first-order valence-corrected chi connectivity index (χ1v) is 8.29. The van der Waals surface area contributed by atoms with Crippen molar-refractivity contribution < 1.29 is 4.79 Å². The fraction of sp³-hybridized carbons (Fsp3) is 0.611. The number of nitrogens with zero attached hydrogens (tertiary/aromatic N) is 1. The molecule has 4 nitrogen and oxygen atoms in total. The minimum atomic E-state index is -0.313. The number of amides is 1. The lowest BCUT2D eigenvalue weighted by molar-refractivity contribution is -0.131. The Balaban J connectivity index is 0.00000264. The summed E-state index contributed by atoms with van der Waals surface area (Å²) in [4.78, 5) is 14.8. The minimum Gasteiger partial charge on any atom is -0.352 e. The monoisotopic (exact) mass is 339 g/mol. The van der Waals surface area contributed by atoms with Crippen molar-refractivity contribution in [1.82, 2.24) is 10.2 Å². The maximum Gasteiger partial charge on any atom is 0.227 e. The Morgan fingerprint density at radius 1 is 1.30 bits per heavy atom. The summed E-state index contributed by atoms with van der Waals surface area (Å²) >= 11 is 0. The van der Waals surface area contributed by atoms with Crippen LogP contribution in [0.1, 0.15) is 38.2 Å². The van der Waals surface area contributed by atoms with Crippen LogP contribution in [0.25, 0.3) is 0 Å². The van der Waals surface area contributed by atoms with E-state index in [4.69, 9.17) is 5.73 Å². The number of carbonyl (C=O) groups is 1. The van der Waals surface area contributed by atoms with Gasteiger partial charge in [-0.1, -0.05) is 43.2 Å². The zero-order chi connectivity index (χ0) is 16.0. The van der Waals surface area contributed by atoms with Gasteiger partial charge in [-0.2, -0.15) is 0 Å². The van der Waals surface area contributed by atoms with Crippen LogP contribution in [0.5, 0.6) is 0 Å². The van der Waals surface area contributed by atoms with Crippen LogP contribution >= 0.6 is 12.4 Å². The molecule has 130 valence electrons. The Morgan fingerprint density at radius 3 is 2.48 bits per heavy atom. The normalized spacial score (nSPS) is 17.6. The SMILES string of the molecule is CC(CN(C)Cc1ccccc1)NC(=O)C1(CN)CCCC1.Cl. The molecule has 23 heavy (non-hydrogen) atoms. The van der Waals surface area contributed by atoms with E-state index in [0.717, 1.165) is 38.8 Å². The highest BCUT2D eigenvalue weighted by molar-refractivity contribution is 5.85. The van der Waals surface area contributed by atoms with Crippen molar-refractivity contribution in [2.45, 2.75) is 45.2 Å². The summed E-state index contributed by atoms with van der Waals surface area (Å²) in [5, 5.41) is 3.17. The Kier molecular flexibility index (Phi) is 8.03. The molecule has 1 aromatic rings. The fourth-order valence-electron chi connectivity index (χ4n) is 3.43. The first-order valence-electron chi connectivity index (χ1n) is 8.29. The van der Waals surface area contributed by atoms with Crippen molar-refractivity contribution >= 4 is 18.3 Å². The van der Waals surface area contributed by atoms with Crippen LogP contribution in [0.2, 0.25) is 0 Å². The van der Waals surface area contributed by atoms with Crippen LogP contribution in [0.3, 0.4) is 0 Å². The predicted molar refractivity (Wildman–Crippen MR) is 97.6 cm³/mol. The third kappa shape index (κ3) is 5.48. The quantitative estimate of drug-likeness (QED) is 0.802. The van der Waals surface area contributed by atoms with E-state index in [-0.39, 0.29) is 29.8 Å². The average molecular weight is 340 g/mol. The molecule has 5 heteroatoms. The summed E-state index contributed by atoms with van der Waals surface area (Å²) in [6.07, 6.45) is 4.10. The molecule has 1 aliphatic rings. The maximum atomic E-state index is 12.5. The van der Waals surface area contributed by atoms with Gasteiger partial charge in [-0.15, -0.1) is 12.4 Å². The molecule has 1 amide bonds. The van der Waals surface area contributed by atoms with Gasteiger partial charge in [-0.25, -0.2) is 0 Å². The number of likely N-dealkylation sites (N-methyl/N-ethyl adjacent to an activating group) is 1. The average Bonchev–Trinajstić information content (AvgIpc) is 2.98. The number of halogens is 1. The summed E-state index contributed by atoms with van der Waals surface area (Å²) in [5.74, 6) is 0.146. The van der Waals surface area contributed by atoms with Crippen LogP contribution in [-0.2, 0) is 11.3 Å². The lowest BCUT2D eigenvalue weighted by Gasteiger charge is -2.29. The number of nitrogens with one attached hydrogen (secondary N) is 1. The molecular formula is C18H30ClN3O. The van der Waals surface area contributed by atoms with E-state index in [0.29, 0.717) is 6.54 Å². The second kappa shape index (κ2) is 9.26. The zero-order valence-electron chi connectivity index (χ0n) is 14.3. The largest absolute Gasteiger partial charge is 0.352 e. The zero-order valence-corrected chi connectivity index (χ0v) is 15.1. The molecule has 0 radical (unpaired) electrons. The number of hydrogen-bond donors (Lipinski definition) is 2. The predicted octanol–water partition coefficient (Wildman–Crippen LogP) is 2.56. The van der Waals surface area contributed by atoms with Crippen LogP contribution < -0.4 is 11.1 Å². The van der Waals surface area contributed by atoms with Gasteiger partial charge in [0.05, 0.1) is 5.41 Å². The molecule has 0 spiro atoms. The maximum absolute atomic E-state index is 12.5. The number of hydrogen-bond acceptors (Lipinski definition) is 3. The second-order valence-corrected chi connectivity index (χ2v) is 6.75. The Hall–Kier alpha value is -1.10. The van der Waals surface area contributed by atoms with E-state index in [9.17, 15) is 4.79 Å². The fourth-order valence-corrected chi connectivity index (χ4v) is 3.43. The highest BCUT2D eigenvalue weighted by atomic mass is 35.5. The molecule has 1 aromatic carbocycles.